The van der Waals surface area contributed by atoms with Crippen molar-refractivity contribution in [2.24, 2.45) is 0 Å². The first-order chi connectivity index (χ1) is 17.0. The van der Waals surface area contributed by atoms with E-state index >= 15 is 0 Å². The number of likely N-dealkylation sites (N-methyl/N-ethyl adjacent to an activating group) is 1. The number of anilines is 1. The van der Waals surface area contributed by atoms with Gasteiger partial charge in [0.15, 0.2) is 0 Å². The van der Waals surface area contributed by atoms with Gasteiger partial charge in [0, 0.05) is 31.9 Å². The SMILES string of the molecule is CCN(CC)C(=O)Cc1ccc(CCNc2ncnc3c2c(C)c(C)n3Cc2ccccc2)cc1. The number of rotatable bonds is 10. The van der Waals surface area contributed by atoms with Crippen molar-refractivity contribution in [3.8, 4) is 0 Å². The molecule has 0 unspecified atom stereocenters. The first kappa shape index (κ1) is 24.5. The third-order valence-corrected chi connectivity index (χ3v) is 6.79. The van der Waals surface area contributed by atoms with Crippen LogP contribution in [-0.2, 0) is 24.2 Å². The monoisotopic (exact) mass is 469 g/mol. The van der Waals surface area contributed by atoms with Gasteiger partial charge in [0.2, 0.25) is 5.91 Å². The van der Waals surface area contributed by atoms with Crippen molar-refractivity contribution < 1.29 is 4.79 Å². The average Bonchev–Trinajstić information content (AvgIpc) is 3.12. The number of nitrogens with zero attached hydrogens (tertiary/aromatic N) is 4. The molecule has 182 valence electrons. The van der Waals surface area contributed by atoms with Crippen LogP contribution >= 0.6 is 0 Å². The molecular weight excluding hydrogens is 434 g/mol. The lowest BCUT2D eigenvalue weighted by molar-refractivity contribution is -0.130. The summed E-state index contributed by atoms with van der Waals surface area (Å²) in [4.78, 5) is 23.4. The number of amides is 1. The molecule has 0 atom stereocenters. The number of fused-ring (bicyclic) bond motifs is 1. The molecule has 0 saturated heterocycles. The van der Waals surface area contributed by atoms with E-state index in [0.717, 1.165) is 55.0 Å². The van der Waals surface area contributed by atoms with Crippen LogP contribution < -0.4 is 5.32 Å². The minimum absolute atomic E-state index is 0.182. The lowest BCUT2D eigenvalue weighted by Gasteiger charge is -2.18. The number of aryl methyl sites for hydroxylation is 1. The van der Waals surface area contributed by atoms with Gasteiger partial charge >= 0.3 is 0 Å². The van der Waals surface area contributed by atoms with Gasteiger partial charge in [0.05, 0.1) is 11.8 Å². The molecule has 0 radical (unpaired) electrons. The molecule has 4 rings (SSSR count). The van der Waals surface area contributed by atoms with Gasteiger partial charge in [-0.05, 0) is 56.4 Å². The molecule has 0 spiro atoms. The summed E-state index contributed by atoms with van der Waals surface area (Å²) in [5.41, 5.74) is 6.92. The molecule has 2 aromatic carbocycles. The van der Waals surface area contributed by atoms with Crippen molar-refractivity contribution in [3.05, 3.63) is 88.9 Å². The summed E-state index contributed by atoms with van der Waals surface area (Å²) in [7, 11) is 0. The standard InChI is InChI=1S/C29H35N5O/c1-5-33(6-2)26(35)18-24-14-12-23(13-15-24)16-17-30-28-27-21(3)22(4)34(29(27)32-20-31-28)19-25-10-8-7-9-11-25/h7-15,20H,5-6,16-19H2,1-4H3,(H,30,31,32). The van der Waals surface area contributed by atoms with Crippen LogP contribution in [0.4, 0.5) is 5.82 Å². The van der Waals surface area contributed by atoms with E-state index in [9.17, 15) is 4.79 Å². The van der Waals surface area contributed by atoms with Gasteiger partial charge in [0.1, 0.15) is 17.8 Å². The van der Waals surface area contributed by atoms with E-state index < -0.39 is 0 Å². The second kappa shape index (κ2) is 11.2. The Morgan fingerprint density at radius 2 is 1.60 bits per heavy atom. The molecule has 0 saturated carbocycles. The van der Waals surface area contributed by atoms with Crippen molar-refractivity contribution >= 4 is 22.8 Å². The second-order valence-electron chi connectivity index (χ2n) is 8.94. The largest absolute Gasteiger partial charge is 0.369 e. The number of benzene rings is 2. The number of hydrogen-bond acceptors (Lipinski definition) is 4. The third kappa shape index (κ3) is 5.53. The molecule has 6 heteroatoms. The van der Waals surface area contributed by atoms with Gasteiger partial charge in [-0.2, -0.15) is 0 Å². The maximum atomic E-state index is 12.4. The second-order valence-corrected chi connectivity index (χ2v) is 8.94. The summed E-state index contributed by atoms with van der Waals surface area (Å²) in [6.45, 7) is 11.4. The maximum Gasteiger partial charge on any atom is 0.226 e. The number of hydrogen-bond donors (Lipinski definition) is 1. The van der Waals surface area contributed by atoms with Gasteiger partial charge in [-0.1, -0.05) is 54.6 Å². The molecular formula is C29H35N5O. The average molecular weight is 470 g/mol. The van der Waals surface area contributed by atoms with Crippen LogP contribution in [0.3, 0.4) is 0 Å². The van der Waals surface area contributed by atoms with Crippen LogP contribution in [0.25, 0.3) is 11.0 Å². The predicted octanol–water partition coefficient (Wildman–Crippen LogP) is 5.16. The number of carbonyl (C=O) groups is 1. The molecule has 1 amide bonds. The first-order valence-electron chi connectivity index (χ1n) is 12.5. The van der Waals surface area contributed by atoms with E-state index in [-0.39, 0.29) is 5.91 Å². The number of carbonyl (C=O) groups excluding carboxylic acids is 1. The van der Waals surface area contributed by atoms with Crippen LogP contribution in [0.2, 0.25) is 0 Å². The molecule has 6 nitrogen and oxygen atoms in total. The van der Waals surface area contributed by atoms with Crippen LogP contribution in [0, 0.1) is 13.8 Å². The zero-order valence-corrected chi connectivity index (χ0v) is 21.2. The third-order valence-electron chi connectivity index (χ3n) is 6.79. The molecule has 0 fully saturated rings. The van der Waals surface area contributed by atoms with Crippen molar-refractivity contribution in [1.82, 2.24) is 19.4 Å². The number of nitrogens with one attached hydrogen (secondary N) is 1. The Balaban J connectivity index is 1.42. The van der Waals surface area contributed by atoms with E-state index in [1.165, 1.54) is 22.4 Å². The van der Waals surface area contributed by atoms with Crippen LogP contribution in [0.1, 0.15) is 41.8 Å². The zero-order chi connectivity index (χ0) is 24.8. The molecule has 2 heterocycles. The Morgan fingerprint density at radius 3 is 2.29 bits per heavy atom. The molecule has 0 aliphatic heterocycles. The fraction of sp³-hybridized carbons (Fsp3) is 0.345. The molecule has 4 aromatic rings. The summed E-state index contributed by atoms with van der Waals surface area (Å²) >= 11 is 0. The summed E-state index contributed by atoms with van der Waals surface area (Å²) < 4.78 is 2.27. The normalized spacial score (nSPS) is 11.1. The predicted molar refractivity (Wildman–Crippen MR) is 143 cm³/mol. The highest BCUT2D eigenvalue weighted by Crippen LogP contribution is 2.29. The smallest absolute Gasteiger partial charge is 0.226 e. The van der Waals surface area contributed by atoms with Gasteiger partial charge in [-0.3, -0.25) is 4.79 Å². The van der Waals surface area contributed by atoms with Crippen LogP contribution in [0.15, 0.2) is 60.9 Å². The minimum atomic E-state index is 0.182. The topological polar surface area (TPSA) is 63.1 Å². The fourth-order valence-corrected chi connectivity index (χ4v) is 4.57. The highest BCUT2D eigenvalue weighted by atomic mass is 16.2. The van der Waals surface area contributed by atoms with E-state index in [2.05, 4.69) is 82.2 Å². The maximum absolute atomic E-state index is 12.4. The zero-order valence-electron chi connectivity index (χ0n) is 21.2. The van der Waals surface area contributed by atoms with E-state index in [1.807, 2.05) is 24.8 Å². The van der Waals surface area contributed by atoms with Crippen LogP contribution in [-0.4, -0.2) is 45.0 Å². The summed E-state index contributed by atoms with van der Waals surface area (Å²) in [6.07, 6.45) is 2.98. The number of aromatic nitrogens is 3. The molecule has 35 heavy (non-hydrogen) atoms. The lowest BCUT2D eigenvalue weighted by atomic mass is 10.1. The Hall–Kier alpha value is -3.67. The Bertz CT molecular complexity index is 1270. The molecule has 2 aromatic heterocycles. The van der Waals surface area contributed by atoms with Gasteiger partial charge in [-0.15, -0.1) is 0 Å². The fourth-order valence-electron chi connectivity index (χ4n) is 4.57. The Morgan fingerprint density at radius 1 is 0.914 bits per heavy atom. The quantitative estimate of drug-likeness (QED) is 0.348. The first-order valence-corrected chi connectivity index (χ1v) is 12.5. The van der Waals surface area contributed by atoms with Crippen molar-refractivity contribution in [2.45, 2.75) is 47.1 Å². The highest BCUT2D eigenvalue weighted by molar-refractivity contribution is 5.92. The van der Waals surface area contributed by atoms with E-state index in [4.69, 9.17) is 0 Å². The van der Waals surface area contributed by atoms with Crippen molar-refractivity contribution in [2.75, 3.05) is 25.0 Å². The summed E-state index contributed by atoms with van der Waals surface area (Å²) in [6, 6.07) is 18.8. The molecule has 0 aliphatic carbocycles. The Labute approximate surface area is 208 Å². The van der Waals surface area contributed by atoms with E-state index in [1.54, 1.807) is 6.33 Å². The van der Waals surface area contributed by atoms with Crippen molar-refractivity contribution in [3.63, 3.8) is 0 Å². The highest BCUT2D eigenvalue weighted by Gasteiger charge is 2.16. The molecule has 0 bridgehead atoms. The summed E-state index contributed by atoms with van der Waals surface area (Å²) in [5, 5.41) is 4.62. The molecule has 0 aliphatic rings. The van der Waals surface area contributed by atoms with Crippen molar-refractivity contribution in [1.29, 1.82) is 0 Å². The summed E-state index contributed by atoms with van der Waals surface area (Å²) in [5.74, 6) is 1.06. The molecule has 1 N–H and O–H groups in total. The van der Waals surface area contributed by atoms with Gasteiger partial charge in [0.25, 0.3) is 0 Å². The van der Waals surface area contributed by atoms with Gasteiger partial charge < -0.3 is 14.8 Å². The minimum Gasteiger partial charge on any atom is -0.369 e. The Kier molecular flexibility index (Phi) is 7.80. The van der Waals surface area contributed by atoms with E-state index in [0.29, 0.717) is 6.42 Å². The lowest BCUT2D eigenvalue weighted by Crippen LogP contribution is -2.31. The van der Waals surface area contributed by atoms with Gasteiger partial charge in [-0.25, -0.2) is 9.97 Å². The van der Waals surface area contributed by atoms with Crippen LogP contribution in [0.5, 0.6) is 0 Å².